The highest BCUT2D eigenvalue weighted by atomic mass is 16.4. The zero-order valence-electron chi connectivity index (χ0n) is 11.8. The van der Waals surface area contributed by atoms with Crippen LogP contribution in [0.2, 0.25) is 0 Å². The number of furan rings is 1. The molecule has 0 aliphatic carbocycles. The molecular formula is C16H22O2. The topological polar surface area (TPSA) is 33.4 Å². The Labute approximate surface area is 109 Å². The number of aliphatic hydroxyl groups excluding tert-OH is 1. The van der Waals surface area contributed by atoms with Gasteiger partial charge in [0.2, 0.25) is 0 Å². The fourth-order valence-corrected chi connectivity index (χ4v) is 2.12. The minimum atomic E-state index is -0.579. The van der Waals surface area contributed by atoms with Crippen molar-refractivity contribution in [3.8, 4) is 0 Å². The van der Waals surface area contributed by atoms with Gasteiger partial charge in [0.25, 0.3) is 0 Å². The molecule has 18 heavy (non-hydrogen) atoms. The van der Waals surface area contributed by atoms with Gasteiger partial charge in [-0.3, -0.25) is 0 Å². The maximum absolute atomic E-state index is 10.3. The number of aliphatic hydroxyl groups is 1. The van der Waals surface area contributed by atoms with E-state index in [1.807, 2.05) is 39.0 Å². The Balaban J connectivity index is 2.54. The van der Waals surface area contributed by atoms with Crippen molar-refractivity contribution in [2.45, 2.75) is 46.6 Å². The molecule has 2 nitrogen and oxygen atoms in total. The molecule has 0 aliphatic rings. The molecule has 1 atom stereocenters. The van der Waals surface area contributed by atoms with Crippen LogP contribution in [-0.2, 0) is 0 Å². The van der Waals surface area contributed by atoms with E-state index >= 15 is 0 Å². The maximum Gasteiger partial charge on any atom is 0.137 e. The Morgan fingerprint density at radius 3 is 2.39 bits per heavy atom. The van der Waals surface area contributed by atoms with Crippen LogP contribution >= 0.6 is 0 Å². The average Bonchev–Trinajstić information content (AvgIpc) is 2.69. The first kappa shape index (κ1) is 13.2. The summed E-state index contributed by atoms with van der Waals surface area (Å²) >= 11 is 0. The molecule has 2 aromatic rings. The van der Waals surface area contributed by atoms with Crippen LogP contribution in [-0.4, -0.2) is 5.11 Å². The highest BCUT2D eigenvalue weighted by molar-refractivity contribution is 5.81. The first-order chi connectivity index (χ1) is 8.30. The quantitative estimate of drug-likeness (QED) is 0.837. The largest absolute Gasteiger partial charge is 0.458 e. The molecule has 1 aromatic carbocycles. The fourth-order valence-electron chi connectivity index (χ4n) is 2.12. The molecule has 1 aromatic heterocycles. The van der Waals surface area contributed by atoms with Gasteiger partial charge >= 0.3 is 0 Å². The number of rotatable bonds is 2. The highest BCUT2D eigenvalue weighted by Crippen LogP contribution is 2.37. The average molecular weight is 246 g/mol. The second-order valence-corrected chi connectivity index (χ2v) is 6.34. The van der Waals surface area contributed by atoms with E-state index in [0.717, 1.165) is 11.0 Å². The summed E-state index contributed by atoms with van der Waals surface area (Å²) in [4.78, 5) is 0. The molecule has 1 heterocycles. The minimum absolute atomic E-state index is 0.216. The molecule has 1 unspecified atom stereocenters. The highest BCUT2D eigenvalue weighted by Gasteiger charge is 2.27. The van der Waals surface area contributed by atoms with Gasteiger partial charge in [-0.2, -0.15) is 0 Å². The Kier molecular flexibility index (Phi) is 3.24. The summed E-state index contributed by atoms with van der Waals surface area (Å²) in [5.74, 6) is 1.07. The Bertz CT molecular complexity index is 544. The molecule has 1 N–H and O–H groups in total. The summed E-state index contributed by atoms with van der Waals surface area (Å²) in [6.07, 6.45) is -0.579. The van der Waals surface area contributed by atoms with Crippen LogP contribution in [0.3, 0.4) is 0 Å². The summed E-state index contributed by atoms with van der Waals surface area (Å²) in [6.45, 7) is 10.3. The lowest BCUT2D eigenvalue weighted by molar-refractivity contribution is 0.0448. The minimum Gasteiger partial charge on any atom is -0.458 e. The summed E-state index contributed by atoms with van der Waals surface area (Å²) in [6, 6.07) is 8.12. The third-order valence-electron chi connectivity index (χ3n) is 3.31. The number of benzene rings is 1. The van der Waals surface area contributed by atoms with Crippen LogP contribution in [0.15, 0.2) is 28.7 Å². The summed E-state index contributed by atoms with van der Waals surface area (Å²) in [5.41, 5.74) is 1.89. The van der Waals surface area contributed by atoms with Crippen molar-refractivity contribution < 1.29 is 9.52 Å². The molecule has 0 fully saturated rings. The second-order valence-electron chi connectivity index (χ2n) is 6.34. The normalized spacial score (nSPS) is 14.4. The standard InChI is InChI=1S/C16H22O2/c1-10(2)12-8-6-7-11-9-13(18-14(11)12)15(17)16(3,4)5/h6-10,15,17H,1-5H3. The van der Waals surface area contributed by atoms with Crippen molar-refractivity contribution in [2.24, 2.45) is 5.41 Å². The molecule has 0 aliphatic heterocycles. The molecule has 0 amide bonds. The Morgan fingerprint density at radius 1 is 1.17 bits per heavy atom. The SMILES string of the molecule is CC(C)c1cccc2cc(C(O)C(C)(C)C)oc12. The van der Waals surface area contributed by atoms with Crippen LogP contribution in [0, 0.1) is 5.41 Å². The van der Waals surface area contributed by atoms with Crippen LogP contribution in [0.1, 0.15) is 58.0 Å². The van der Waals surface area contributed by atoms with Crippen molar-refractivity contribution in [3.63, 3.8) is 0 Å². The lowest BCUT2D eigenvalue weighted by Gasteiger charge is -2.23. The number of hydrogen-bond donors (Lipinski definition) is 1. The van der Waals surface area contributed by atoms with E-state index in [1.165, 1.54) is 5.56 Å². The zero-order chi connectivity index (χ0) is 13.5. The lowest BCUT2D eigenvalue weighted by atomic mass is 9.88. The molecule has 98 valence electrons. The molecule has 0 saturated heterocycles. The van der Waals surface area contributed by atoms with Gasteiger partial charge in [0, 0.05) is 5.39 Å². The molecule has 0 saturated carbocycles. The predicted octanol–water partition coefficient (Wildman–Crippen LogP) is 4.64. The van der Waals surface area contributed by atoms with Crippen molar-refractivity contribution in [2.75, 3.05) is 0 Å². The van der Waals surface area contributed by atoms with Gasteiger partial charge < -0.3 is 9.52 Å². The molecule has 0 bridgehead atoms. The Hall–Kier alpha value is -1.28. The van der Waals surface area contributed by atoms with Gasteiger partial charge in [0.1, 0.15) is 17.4 Å². The monoisotopic (exact) mass is 246 g/mol. The van der Waals surface area contributed by atoms with Crippen LogP contribution in [0.5, 0.6) is 0 Å². The number of fused-ring (bicyclic) bond motifs is 1. The van der Waals surface area contributed by atoms with Gasteiger partial charge in [0.15, 0.2) is 0 Å². The van der Waals surface area contributed by atoms with Crippen LogP contribution in [0.4, 0.5) is 0 Å². The third-order valence-corrected chi connectivity index (χ3v) is 3.31. The summed E-state index contributed by atoms with van der Waals surface area (Å²) < 4.78 is 5.90. The van der Waals surface area contributed by atoms with E-state index in [-0.39, 0.29) is 5.41 Å². The third kappa shape index (κ3) is 2.30. The molecule has 2 rings (SSSR count). The molecule has 0 radical (unpaired) electrons. The van der Waals surface area contributed by atoms with Crippen LogP contribution in [0.25, 0.3) is 11.0 Å². The molecule has 2 heteroatoms. The summed E-state index contributed by atoms with van der Waals surface area (Å²) in [7, 11) is 0. The van der Waals surface area contributed by atoms with Gasteiger partial charge in [-0.15, -0.1) is 0 Å². The zero-order valence-corrected chi connectivity index (χ0v) is 11.8. The smallest absolute Gasteiger partial charge is 0.137 e. The Morgan fingerprint density at radius 2 is 1.83 bits per heavy atom. The molecular weight excluding hydrogens is 224 g/mol. The van der Waals surface area contributed by atoms with Gasteiger partial charge in [-0.05, 0) is 23.0 Å². The van der Waals surface area contributed by atoms with Gasteiger partial charge in [0.05, 0.1) is 0 Å². The number of para-hydroxylation sites is 1. The van der Waals surface area contributed by atoms with Crippen molar-refractivity contribution >= 4 is 11.0 Å². The lowest BCUT2D eigenvalue weighted by Crippen LogP contribution is -2.17. The van der Waals surface area contributed by atoms with E-state index in [1.54, 1.807) is 0 Å². The van der Waals surface area contributed by atoms with Crippen molar-refractivity contribution in [1.29, 1.82) is 0 Å². The fraction of sp³-hybridized carbons (Fsp3) is 0.500. The maximum atomic E-state index is 10.3. The van der Waals surface area contributed by atoms with Gasteiger partial charge in [-0.25, -0.2) is 0 Å². The number of hydrogen-bond acceptors (Lipinski definition) is 2. The van der Waals surface area contributed by atoms with Crippen molar-refractivity contribution in [1.82, 2.24) is 0 Å². The summed E-state index contributed by atoms with van der Waals surface area (Å²) in [5, 5.41) is 11.4. The predicted molar refractivity (Wildman–Crippen MR) is 74.7 cm³/mol. The van der Waals surface area contributed by atoms with E-state index in [0.29, 0.717) is 11.7 Å². The second kappa shape index (κ2) is 4.43. The first-order valence-electron chi connectivity index (χ1n) is 6.51. The van der Waals surface area contributed by atoms with E-state index < -0.39 is 6.10 Å². The van der Waals surface area contributed by atoms with Crippen molar-refractivity contribution in [3.05, 3.63) is 35.6 Å². The molecule has 0 spiro atoms. The first-order valence-corrected chi connectivity index (χ1v) is 6.51. The van der Waals surface area contributed by atoms with Gasteiger partial charge in [-0.1, -0.05) is 52.8 Å². The van der Waals surface area contributed by atoms with E-state index in [9.17, 15) is 5.11 Å². The van der Waals surface area contributed by atoms with Crippen LogP contribution < -0.4 is 0 Å². The van der Waals surface area contributed by atoms with E-state index in [4.69, 9.17) is 4.42 Å². The van der Waals surface area contributed by atoms with E-state index in [2.05, 4.69) is 19.9 Å².